The lowest BCUT2D eigenvalue weighted by molar-refractivity contribution is 0.139. The number of aromatic nitrogens is 2. The fourth-order valence-corrected chi connectivity index (χ4v) is 4.59. The number of nitrogens with zero attached hydrogens (tertiary/aromatic N) is 3. The predicted molar refractivity (Wildman–Crippen MR) is 138 cm³/mol. The van der Waals surface area contributed by atoms with Crippen molar-refractivity contribution in [1.82, 2.24) is 9.97 Å². The maximum absolute atomic E-state index is 6.02. The van der Waals surface area contributed by atoms with Crippen molar-refractivity contribution >= 4 is 17.3 Å². The summed E-state index contributed by atoms with van der Waals surface area (Å²) in [6, 6.07) is 14.4. The molecule has 0 spiro atoms. The van der Waals surface area contributed by atoms with Gasteiger partial charge in [-0.1, -0.05) is 12.2 Å². The third-order valence-electron chi connectivity index (χ3n) is 6.37. The highest BCUT2D eigenvalue weighted by atomic mass is 16.5. The lowest BCUT2D eigenvalue weighted by Gasteiger charge is -2.31. The second-order valence-corrected chi connectivity index (χ2v) is 8.81. The number of nitrogens with one attached hydrogen (secondary N) is 1. The SMILES string of the molecule is COc1ccc2cc1COC/C=C/COCc1cc(ccc1N1CCCCC1)Nc1nccc-2n1. The van der Waals surface area contributed by atoms with Crippen molar-refractivity contribution in [2.45, 2.75) is 32.5 Å². The summed E-state index contributed by atoms with van der Waals surface area (Å²) >= 11 is 0. The number of ether oxygens (including phenoxy) is 3. The third kappa shape index (κ3) is 5.81. The predicted octanol–water partition coefficient (Wildman–Crippen LogP) is 5.49. The fourth-order valence-electron chi connectivity index (χ4n) is 4.59. The quantitative estimate of drug-likeness (QED) is 0.495. The zero-order valence-corrected chi connectivity index (χ0v) is 20.2. The molecular formula is C28H32N4O3. The van der Waals surface area contributed by atoms with E-state index in [2.05, 4.69) is 39.5 Å². The molecule has 3 heterocycles. The molecule has 1 N–H and O–H groups in total. The molecule has 0 atom stereocenters. The Balaban J connectivity index is 1.48. The van der Waals surface area contributed by atoms with Gasteiger partial charge in [0.2, 0.25) is 5.95 Å². The number of piperidine rings is 1. The molecular weight excluding hydrogens is 440 g/mol. The minimum absolute atomic E-state index is 0.447. The van der Waals surface area contributed by atoms with Gasteiger partial charge in [0.1, 0.15) is 5.75 Å². The molecule has 0 saturated carbocycles. The fraction of sp³-hybridized carbons (Fsp3) is 0.357. The van der Waals surface area contributed by atoms with Crippen molar-refractivity contribution in [1.29, 1.82) is 0 Å². The molecule has 182 valence electrons. The number of fused-ring (bicyclic) bond motifs is 7. The van der Waals surface area contributed by atoms with Crippen LogP contribution in [0.1, 0.15) is 30.4 Å². The van der Waals surface area contributed by atoms with Gasteiger partial charge in [-0.25, -0.2) is 9.97 Å². The van der Waals surface area contributed by atoms with Crippen LogP contribution in [-0.2, 0) is 22.7 Å². The van der Waals surface area contributed by atoms with Gasteiger partial charge in [0.05, 0.1) is 39.2 Å². The topological polar surface area (TPSA) is 68.7 Å². The first-order chi connectivity index (χ1) is 17.3. The Morgan fingerprint density at radius 2 is 1.69 bits per heavy atom. The molecule has 2 aromatic carbocycles. The van der Waals surface area contributed by atoms with Crippen LogP contribution in [0.2, 0.25) is 0 Å². The van der Waals surface area contributed by atoms with Crippen LogP contribution in [0, 0.1) is 0 Å². The number of anilines is 3. The van der Waals surface area contributed by atoms with Crippen molar-refractivity contribution in [3.05, 3.63) is 71.9 Å². The van der Waals surface area contributed by atoms with Crippen molar-refractivity contribution in [2.75, 3.05) is 43.6 Å². The molecule has 0 aliphatic carbocycles. The Hall–Kier alpha value is -3.42. The monoisotopic (exact) mass is 472 g/mol. The van der Waals surface area contributed by atoms with Crippen LogP contribution in [0.25, 0.3) is 11.3 Å². The summed E-state index contributed by atoms with van der Waals surface area (Å²) in [5, 5.41) is 3.39. The van der Waals surface area contributed by atoms with E-state index in [-0.39, 0.29) is 0 Å². The van der Waals surface area contributed by atoms with Crippen molar-refractivity contribution < 1.29 is 14.2 Å². The Bertz CT molecular complexity index is 1170. The van der Waals surface area contributed by atoms with Gasteiger partial charge in [0.25, 0.3) is 0 Å². The van der Waals surface area contributed by atoms with Crippen LogP contribution >= 0.6 is 0 Å². The highest BCUT2D eigenvalue weighted by Crippen LogP contribution is 2.30. The molecule has 1 fully saturated rings. The summed E-state index contributed by atoms with van der Waals surface area (Å²) in [5.41, 5.74) is 6.15. The van der Waals surface area contributed by atoms with Crippen LogP contribution in [0.3, 0.4) is 0 Å². The molecule has 0 radical (unpaired) electrons. The smallest absolute Gasteiger partial charge is 0.227 e. The summed E-state index contributed by atoms with van der Waals surface area (Å²) in [7, 11) is 1.67. The van der Waals surface area contributed by atoms with Crippen LogP contribution in [0.5, 0.6) is 5.75 Å². The van der Waals surface area contributed by atoms with E-state index < -0.39 is 0 Å². The first-order valence-corrected chi connectivity index (χ1v) is 12.3. The van der Waals surface area contributed by atoms with Gasteiger partial charge in [-0.3, -0.25) is 0 Å². The average Bonchev–Trinajstić information content (AvgIpc) is 2.90. The molecule has 1 aromatic heterocycles. The lowest BCUT2D eigenvalue weighted by Crippen LogP contribution is -2.30. The Morgan fingerprint density at radius 3 is 2.49 bits per heavy atom. The minimum Gasteiger partial charge on any atom is -0.496 e. The van der Waals surface area contributed by atoms with E-state index in [9.17, 15) is 0 Å². The maximum atomic E-state index is 6.02. The molecule has 35 heavy (non-hydrogen) atoms. The lowest BCUT2D eigenvalue weighted by atomic mass is 10.1. The minimum atomic E-state index is 0.447. The third-order valence-corrected chi connectivity index (χ3v) is 6.37. The standard InChI is InChI=1S/C28H32N4O3/c1-33-27-10-7-21-17-23(27)20-35-16-6-5-15-34-19-22-18-24(30-28-29-12-11-25(21)31-28)8-9-26(22)32-13-3-2-4-14-32/h5-12,17-18H,2-4,13-16,19-20H2,1H3,(H,29,30,31)/b6-5+. The molecule has 0 unspecified atom stereocenters. The van der Waals surface area contributed by atoms with Gasteiger partial charge in [-0.15, -0.1) is 0 Å². The highest BCUT2D eigenvalue weighted by Gasteiger charge is 2.16. The molecule has 0 amide bonds. The van der Waals surface area contributed by atoms with Crippen LogP contribution in [0.15, 0.2) is 60.8 Å². The summed E-state index contributed by atoms with van der Waals surface area (Å²) in [4.78, 5) is 11.7. The van der Waals surface area contributed by atoms with Gasteiger partial charge in [-0.2, -0.15) is 0 Å². The van der Waals surface area contributed by atoms with E-state index >= 15 is 0 Å². The van der Waals surface area contributed by atoms with E-state index in [1.807, 2.05) is 30.4 Å². The Morgan fingerprint density at radius 1 is 0.886 bits per heavy atom. The van der Waals surface area contributed by atoms with Crippen LogP contribution in [0.4, 0.5) is 17.3 Å². The van der Waals surface area contributed by atoms with Gasteiger partial charge in [-0.05, 0) is 61.7 Å². The molecule has 2 aliphatic heterocycles. The van der Waals surface area contributed by atoms with E-state index in [0.717, 1.165) is 41.3 Å². The van der Waals surface area contributed by atoms with E-state index in [4.69, 9.17) is 19.2 Å². The molecule has 5 rings (SSSR count). The van der Waals surface area contributed by atoms with Gasteiger partial charge in [0, 0.05) is 47.4 Å². The average molecular weight is 473 g/mol. The van der Waals surface area contributed by atoms with E-state index in [1.165, 1.54) is 30.5 Å². The van der Waals surface area contributed by atoms with Gasteiger partial charge >= 0.3 is 0 Å². The number of rotatable bonds is 2. The summed E-state index contributed by atoms with van der Waals surface area (Å²) in [6.45, 7) is 4.20. The molecule has 3 aromatic rings. The van der Waals surface area contributed by atoms with E-state index in [1.54, 1.807) is 13.3 Å². The first kappa shape index (κ1) is 23.3. The van der Waals surface area contributed by atoms with Gasteiger partial charge < -0.3 is 24.4 Å². The number of benzene rings is 2. The summed E-state index contributed by atoms with van der Waals surface area (Å²) < 4.78 is 17.4. The van der Waals surface area contributed by atoms with Gasteiger partial charge in [0.15, 0.2) is 0 Å². The normalized spacial score (nSPS) is 17.6. The van der Waals surface area contributed by atoms with Crippen molar-refractivity contribution in [3.63, 3.8) is 0 Å². The highest BCUT2D eigenvalue weighted by molar-refractivity contribution is 5.66. The summed E-state index contributed by atoms with van der Waals surface area (Å²) in [6.07, 6.45) is 9.56. The van der Waals surface area contributed by atoms with Crippen LogP contribution in [-0.4, -0.2) is 43.4 Å². The second-order valence-electron chi connectivity index (χ2n) is 8.81. The molecule has 6 bridgehead atoms. The number of methoxy groups -OCH3 is 1. The maximum Gasteiger partial charge on any atom is 0.227 e. The zero-order chi connectivity index (χ0) is 23.9. The number of hydrogen-bond acceptors (Lipinski definition) is 7. The summed E-state index contributed by atoms with van der Waals surface area (Å²) in [5.74, 6) is 1.35. The molecule has 7 heteroatoms. The molecule has 2 aliphatic rings. The number of hydrogen-bond donors (Lipinski definition) is 1. The van der Waals surface area contributed by atoms with E-state index in [0.29, 0.717) is 32.4 Å². The first-order valence-electron chi connectivity index (χ1n) is 12.3. The van der Waals surface area contributed by atoms with Crippen LogP contribution < -0.4 is 15.0 Å². The largest absolute Gasteiger partial charge is 0.496 e. The van der Waals surface area contributed by atoms with Crippen molar-refractivity contribution in [3.8, 4) is 17.0 Å². The van der Waals surface area contributed by atoms with Crippen molar-refractivity contribution in [2.24, 2.45) is 0 Å². The zero-order valence-electron chi connectivity index (χ0n) is 20.2. The Kier molecular flexibility index (Phi) is 7.56. The Labute approximate surface area is 206 Å². The molecule has 1 saturated heterocycles. The molecule has 7 nitrogen and oxygen atoms in total. The second kappa shape index (κ2) is 11.3.